The van der Waals surface area contributed by atoms with Crippen molar-refractivity contribution in [2.45, 2.75) is 6.61 Å². The fourth-order valence-electron chi connectivity index (χ4n) is 0.839. The molecule has 0 saturated carbocycles. The van der Waals surface area contributed by atoms with E-state index in [0.29, 0.717) is 13.0 Å². The van der Waals surface area contributed by atoms with Gasteiger partial charge in [-0.05, 0) is 5.56 Å². The predicted molar refractivity (Wildman–Crippen MR) is 46.1 cm³/mol. The van der Waals surface area contributed by atoms with Crippen LogP contribution in [0.25, 0.3) is 0 Å². The van der Waals surface area contributed by atoms with E-state index in [4.69, 9.17) is 4.84 Å². The van der Waals surface area contributed by atoms with Crippen molar-refractivity contribution < 1.29 is 14.5 Å². The van der Waals surface area contributed by atoms with E-state index in [1.807, 2.05) is 30.3 Å². The number of nitrogens with zero attached hydrogens (tertiary/aromatic N) is 1. The van der Waals surface area contributed by atoms with Gasteiger partial charge in [-0.15, -0.1) is 0 Å². The predicted octanol–water partition coefficient (Wildman–Crippen LogP) is 1.14. The maximum absolute atomic E-state index is 10.2. The van der Waals surface area contributed by atoms with Gasteiger partial charge in [-0.25, -0.2) is 9.68 Å². The summed E-state index contributed by atoms with van der Waals surface area (Å²) in [5.41, 5.74) is 0.978. The van der Waals surface area contributed by atoms with Crippen LogP contribution < -0.4 is 0 Å². The first-order valence-electron chi connectivity index (χ1n) is 3.82. The number of carbonyl (C=O) groups is 1. The van der Waals surface area contributed by atoms with Crippen molar-refractivity contribution in [2.75, 3.05) is 7.11 Å². The standard InChI is InChI=1S/C9H11NO3/c1-12-10(8-11)13-7-9-5-3-2-4-6-9/h2-6,8H,7H2,1H3. The minimum atomic E-state index is 0.313. The largest absolute Gasteiger partial charge is 0.274 e. The highest BCUT2D eigenvalue weighted by Crippen LogP contribution is 2.01. The SMILES string of the molecule is CON(C=O)OCc1ccccc1. The van der Waals surface area contributed by atoms with Gasteiger partial charge >= 0.3 is 0 Å². The first-order valence-corrected chi connectivity index (χ1v) is 3.82. The molecule has 4 heteroatoms. The minimum Gasteiger partial charge on any atom is -0.274 e. The van der Waals surface area contributed by atoms with Crippen molar-refractivity contribution in [2.24, 2.45) is 0 Å². The van der Waals surface area contributed by atoms with Gasteiger partial charge in [0.15, 0.2) is 0 Å². The lowest BCUT2D eigenvalue weighted by Gasteiger charge is -2.12. The first kappa shape index (κ1) is 9.70. The summed E-state index contributed by atoms with van der Waals surface area (Å²) >= 11 is 0. The van der Waals surface area contributed by atoms with E-state index < -0.39 is 0 Å². The number of rotatable bonds is 5. The second kappa shape index (κ2) is 5.29. The number of hydrogen-bond acceptors (Lipinski definition) is 3. The molecule has 0 aliphatic rings. The van der Waals surface area contributed by atoms with Gasteiger partial charge in [0, 0.05) is 0 Å². The molecule has 1 aromatic carbocycles. The molecule has 0 atom stereocenters. The molecule has 0 aliphatic carbocycles. The summed E-state index contributed by atoms with van der Waals surface area (Å²) in [5, 5.41) is 0.771. The van der Waals surface area contributed by atoms with Gasteiger partial charge < -0.3 is 0 Å². The number of amides is 1. The second-order valence-corrected chi connectivity index (χ2v) is 2.33. The fraction of sp³-hybridized carbons (Fsp3) is 0.222. The topological polar surface area (TPSA) is 38.8 Å². The van der Waals surface area contributed by atoms with Crippen molar-refractivity contribution in [1.29, 1.82) is 0 Å². The van der Waals surface area contributed by atoms with Gasteiger partial charge in [-0.1, -0.05) is 35.6 Å². The van der Waals surface area contributed by atoms with Crippen LogP contribution in [0, 0.1) is 0 Å². The number of carbonyl (C=O) groups excluding carboxylic acids is 1. The monoisotopic (exact) mass is 181 g/mol. The highest BCUT2D eigenvalue weighted by molar-refractivity contribution is 5.43. The number of benzene rings is 1. The van der Waals surface area contributed by atoms with Gasteiger partial charge in [0.1, 0.15) is 6.61 Å². The minimum absolute atomic E-state index is 0.313. The Morgan fingerprint density at radius 3 is 2.62 bits per heavy atom. The summed E-state index contributed by atoms with van der Waals surface area (Å²) in [4.78, 5) is 19.8. The van der Waals surface area contributed by atoms with Gasteiger partial charge in [-0.2, -0.15) is 0 Å². The molecule has 0 aliphatic heterocycles. The van der Waals surface area contributed by atoms with E-state index in [1.165, 1.54) is 7.11 Å². The van der Waals surface area contributed by atoms with Crippen LogP contribution in [0.5, 0.6) is 0 Å². The van der Waals surface area contributed by atoms with Crippen LogP contribution in [-0.2, 0) is 21.1 Å². The molecule has 0 spiro atoms. The average molecular weight is 181 g/mol. The number of hydrogen-bond donors (Lipinski definition) is 0. The van der Waals surface area contributed by atoms with Crippen molar-refractivity contribution in [1.82, 2.24) is 5.23 Å². The highest BCUT2D eigenvalue weighted by atomic mass is 16.9. The van der Waals surface area contributed by atoms with Crippen molar-refractivity contribution >= 4 is 6.41 Å². The molecule has 0 heterocycles. The average Bonchev–Trinajstić information content (AvgIpc) is 2.21. The van der Waals surface area contributed by atoms with Crippen LogP contribution in [0.15, 0.2) is 30.3 Å². The van der Waals surface area contributed by atoms with E-state index in [2.05, 4.69) is 4.84 Å². The van der Waals surface area contributed by atoms with E-state index in [1.54, 1.807) is 0 Å². The summed E-state index contributed by atoms with van der Waals surface area (Å²) in [6, 6.07) is 9.52. The Bertz CT molecular complexity index is 250. The molecule has 4 nitrogen and oxygen atoms in total. The molecule has 0 aromatic heterocycles. The third kappa shape index (κ3) is 3.23. The third-order valence-corrected chi connectivity index (χ3v) is 1.47. The second-order valence-electron chi connectivity index (χ2n) is 2.33. The van der Waals surface area contributed by atoms with E-state index >= 15 is 0 Å². The smallest absolute Gasteiger partial charge is 0.261 e. The Kier molecular flexibility index (Phi) is 3.95. The summed E-state index contributed by atoms with van der Waals surface area (Å²) in [7, 11) is 1.36. The quantitative estimate of drug-likeness (QED) is 0.505. The summed E-state index contributed by atoms with van der Waals surface area (Å²) < 4.78 is 0. The highest BCUT2D eigenvalue weighted by Gasteiger charge is 1.99. The van der Waals surface area contributed by atoms with E-state index in [0.717, 1.165) is 10.8 Å². The van der Waals surface area contributed by atoms with Gasteiger partial charge in [0.25, 0.3) is 6.41 Å². The van der Waals surface area contributed by atoms with Gasteiger partial charge in [0.05, 0.1) is 7.11 Å². The van der Waals surface area contributed by atoms with Crippen LogP contribution in [0.4, 0.5) is 0 Å². The lowest BCUT2D eigenvalue weighted by molar-refractivity contribution is -0.326. The molecule has 13 heavy (non-hydrogen) atoms. The summed E-state index contributed by atoms with van der Waals surface area (Å²) in [6.45, 7) is 0.313. The Balaban J connectivity index is 2.38. The Morgan fingerprint density at radius 2 is 2.08 bits per heavy atom. The molecule has 0 fully saturated rings. The number of hydroxylamine groups is 2. The zero-order chi connectivity index (χ0) is 9.52. The molecule has 1 aromatic rings. The molecule has 0 saturated heterocycles. The van der Waals surface area contributed by atoms with Gasteiger partial charge in [-0.3, -0.25) is 4.79 Å². The normalized spacial score (nSPS) is 9.62. The molecule has 0 bridgehead atoms. The van der Waals surface area contributed by atoms with Crippen LogP contribution in [0.2, 0.25) is 0 Å². The van der Waals surface area contributed by atoms with Crippen LogP contribution in [-0.4, -0.2) is 18.7 Å². The molecular formula is C9H11NO3. The molecule has 0 unspecified atom stereocenters. The van der Waals surface area contributed by atoms with Crippen molar-refractivity contribution in [3.8, 4) is 0 Å². The maximum atomic E-state index is 10.2. The molecule has 0 radical (unpaired) electrons. The van der Waals surface area contributed by atoms with Crippen LogP contribution in [0.1, 0.15) is 5.56 Å². The molecule has 1 amide bonds. The summed E-state index contributed by atoms with van der Waals surface area (Å²) in [5.74, 6) is 0. The fourth-order valence-corrected chi connectivity index (χ4v) is 0.839. The van der Waals surface area contributed by atoms with E-state index in [-0.39, 0.29) is 0 Å². The zero-order valence-corrected chi connectivity index (χ0v) is 7.34. The Morgan fingerprint density at radius 1 is 1.38 bits per heavy atom. The maximum Gasteiger partial charge on any atom is 0.261 e. The van der Waals surface area contributed by atoms with Crippen molar-refractivity contribution in [3.63, 3.8) is 0 Å². The summed E-state index contributed by atoms with van der Waals surface area (Å²) in [6.07, 6.45) is 0.461. The van der Waals surface area contributed by atoms with Crippen molar-refractivity contribution in [3.05, 3.63) is 35.9 Å². The van der Waals surface area contributed by atoms with Gasteiger partial charge in [0.2, 0.25) is 0 Å². The molecule has 1 rings (SSSR count). The Labute approximate surface area is 76.6 Å². The lowest BCUT2D eigenvalue weighted by atomic mass is 10.2. The first-order chi connectivity index (χ1) is 6.36. The Hall–Kier alpha value is -1.39. The molecule has 0 N–H and O–H groups in total. The third-order valence-electron chi connectivity index (χ3n) is 1.47. The zero-order valence-electron chi connectivity index (χ0n) is 7.34. The lowest BCUT2D eigenvalue weighted by Crippen LogP contribution is -2.20. The van der Waals surface area contributed by atoms with Crippen LogP contribution >= 0.6 is 0 Å². The van der Waals surface area contributed by atoms with E-state index in [9.17, 15) is 4.79 Å². The van der Waals surface area contributed by atoms with Crippen LogP contribution in [0.3, 0.4) is 0 Å². The molecule has 70 valence electrons. The molecular weight excluding hydrogens is 170 g/mol.